The van der Waals surface area contributed by atoms with Crippen LogP contribution in [0.2, 0.25) is 0 Å². The summed E-state index contributed by atoms with van der Waals surface area (Å²) < 4.78 is 23.7. The van der Waals surface area contributed by atoms with Gasteiger partial charge in [-0.2, -0.15) is 9.53 Å². The summed E-state index contributed by atoms with van der Waals surface area (Å²) in [7, 11) is 0. The molecular weight excluding hydrogens is 227 g/mol. The van der Waals surface area contributed by atoms with Crippen molar-refractivity contribution >= 4 is 11.4 Å². The molecule has 0 aliphatic heterocycles. The lowest BCUT2D eigenvalue weighted by molar-refractivity contribution is 0.489. The quantitative estimate of drug-likeness (QED) is 0.652. The number of halogens is 1. The lowest BCUT2D eigenvalue weighted by Crippen LogP contribution is -2.38. The molecule has 5 heteroatoms. The molecule has 2 unspecified atom stereocenters. The third-order valence-electron chi connectivity index (χ3n) is 2.58. The average molecular weight is 244 g/mol. The van der Waals surface area contributed by atoms with E-state index >= 15 is 0 Å². The van der Waals surface area contributed by atoms with Crippen molar-refractivity contribution in [3.05, 3.63) is 29.8 Å². The van der Waals surface area contributed by atoms with E-state index in [1.165, 1.54) is 6.07 Å². The number of nitrogens with two attached hydrogens (primary N) is 1. The van der Waals surface area contributed by atoms with E-state index in [2.05, 4.69) is 4.98 Å². The molecule has 0 saturated heterocycles. The van der Waals surface area contributed by atoms with Gasteiger partial charge in [0.25, 0.3) is 0 Å². The smallest absolute Gasteiger partial charge is 0.213 e. The summed E-state index contributed by atoms with van der Waals surface area (Å²) in [5.41, 5.74) is 0.665. The van der Waals surface area contributed by atoms with E-state index in [-0.39, 0.29) is 5.92 Å². The molecule has 1 heterocycles. The Morgan fingerprint density at radius 3 is 2.69 bits per heavy atom. The van der Waals surface area contributed by atoms with E-state index in [4.69, 9.17) is 5.14 Å². The second-order valence-corrected chi connectivity index (χ2v) is 6.25. The summed E-state index contributed by atoms with van der Waals surface area (Å²) in [6.45, 7) is 5.59. The first-order chi connectivity index (χ1) is 7.33. The number of nitrogens with zero attached hydrogens (tertiary/aromatic N) is 1. The SMILES string of the molecule is CC(CC(C)(C)[S+](N)[O-])c1cccc(F)n1. The highest BCUT2D eigenvalue weighted by Crippen LogP contribution is 2.28. The largest absolute Gasteiger partial charge is 0.598 e. The molecule has 0 fully saturated rings. The van der Waals surface area contributed by atoms with Gasteiger partial charge in [-0.15, -0.1) is 0 Å². The van der Waals surface area contributed by atoms with Crippen molar-refractivity contribution in [3.8, 4) is 0 Å². The van der Waals surface area contributed by atoms with Crippen LogP contribution >= 0.6 is 0 Å². The van der Waals surface area contributed by atoms with Gasteiger partial charge in [-0.25, -0.2) is 4.98 Å². The van der Waals surface area contributed by atoms with Crippen molar-refractivity contribution in [3.63, 3.8) is 0 Å². The Morgan fingerprint density at radius 2 is 2.19 bits per heavy atom. The van der Waals surface area contributed by atoms with E-state index in [1.807, 2.05) is 20.8 Å². The Bertz CT molecular complexity index is 358. The van der Waals surface area contributed by atoms with Gasteiger partial charge in [-0.1, -0.05) is 13.0 Å². The molecule has 1 rings (SSSR count). The van der Waals surface area contributed by atoms with Crippen LogP contribution in [0.1, 0.15) is 38.8 Å². The van der Waals surface area contributed by atoms with Crippen LogP contribution in [0.5, 0.6) is 0 Å². The third kappa shape index (κ3) is 3.43. The molecule has 1 aromatic heterocycles. The Balaban J connectivity index is 2.76. The van der Waals surface area contributed by atoms with E-state index in [1.54, 1.807) is 12.1 Å². The fourth-order valence-electron chi connectivity index (χ4n) is 1.62. The molecule has 0 radical (unpaired) electrons. The molecule has 0 saturated carbocycles. The van der Waals surface area contributed by atoms with E-state index in [0.717, 1.165) is 0 Å². The van der Waals surface area contributed by atoms with Gasteiger partial charge in [0.15, 0.2) is 0 Å². The third-order valence-corrected chi connectivity index (χ3v) is 3.84. The minimum Gasteiger partial charge on any atom is -0.598 e. The van der Waals surface area contributed by atoms with Crippen LogP contribution in [0.15, 0.2) is 18.2 Å². The van der Waals surface area contributed by atoms with Crippen molar-refractivity contribution in [1.82, 2.24) is 4.98 Å². The standard InChI is InChI=1S/C11H17FN2OS/c1-8(7-11(2,3)16(13)15)9-5-4-6-10(12)14-9/h4-6,8H,7,13H2,1-3H3. The molecule has 0 bridgehead atoms. The van der Waals surface area contributed by atoms with Gasteiger partial charge in [0, 0.05) is 29.4 Å². The van der Waals surface area contributed by atoms with Crippen LogP contribution in [0.3, 0.4) is 0 Å². The normalized spacial score (nSPS) is 15.9. The summed E-state index contributed by atoms with van der Waals surface area (Å²) in [5, 5.41) is 5.40. The van der Waals surface area contributed by atoms with Gasteiger partial charge in [0.2, 0.25) is 5.95 Å². The van der Waals surface area contributed by atoms with Gasteiger partial charge in [-0.3, -0.25) is 0 Å². The lowest BCUT2D eigenvalue weighted by Gasteiger charge is -2.26. The van der Waals surface area contributed by atoms with Crippen molar-refractivity contribution in [2.45, 2.75) is 37.9 Å². The zero-order chi connectivity index (χ0) is 12.3. The Kier molecular flexibility index (Phi) is 4.29. The summed E-state index contributed by atoms with van der Waals surface area (Å²) in [5.74, 6) is -0.464. The van der Waals surface area contributed by atoms with Crippen molar-refractivity contribution in [1.29, 1.82) is 0 Å². The predicted molar refractivity (Wildman–Crippen MR) is 63.6 cm³/mol. The minimum atomic E-state index is -1.40. The predicted octanol–water partition coefficient (Wildman–Crippen LogP) is 2.12. The molecule has 2 N–H and O–H groups in total. The number of pyridine rings is 1. The van der Waals surface area contributed by atoms with Gasteiger partial charge in [0.1, 0.15) is 4.75 Å². The van der Waals surface area contributed by atoms with Crippen molar-refractivity contribution in [2.75, 3.05) is 0 Å². The van der Waals surface area contributed by atoms with Gasteiger partial charge >= 0.3 is 0 Å². The molecule has 90 valence electrons. The highest BCUT2D eigenvalue weighted by Gasteiger charge is 2.32. The van der Waals surface area contributed by atoms with E-state index < -0.39 is 22.1 Å². The zero-order valence-corrected chi connectivity index (χ0v) is 10.6. The highest BCUT2D eigenvalue weighted by molar-refractivity contribution is 7.90. The molecular formula is C11H17FN2OS. The highest BCUT2D eigenvalue weighted by atomic mass is 32.2. The lowest BCUT2D eigenvalue weighted by atomic mass is 9.95. The molecule has 0 aromatic carbocycles. The maximum Gasteiger partial charge on any atom is 0.213 e. The van der Waals surface area contributed by atoms with Crippen molar-refractivity contribution in [2.24, 2.45) is 5.14 Å². The van der Waals surface area contributed by atoms with Crippen LogP contribution in [-0.2, 0) is 11.4 Å². The summed E-state index contributed by atoms with van der Waals surface area (Å²) in [6.07, 6.45) is 0.604. The van der Waals surface area contributed by atoms with Gasteiger partial charge in [0.05, 0.1) is 0 Å². The molecule has 0 aliphatic carbocycles. The number of aromatic nitrogens is 1. The van der Waals surface area contributed by atoms with E-state index in [9.17, 15) is 8.94 Å². The fourth-order valence-corrected chi connectivity index (χ4v) is 2.04. The minimum absolute atomic E-state index is 0.0261. The van der Waals surface area contributed by atoms with Gasteiger partial charge in [-0.05, 0) is 26.0 Å². The maximum absolute atomic E-state index is 12.9. The average Bonchev–Trinajstić information content (AvgIpc) is 2.16. The van der Waals surface area contributed by atoms with Crippen LogP contribution in [0, 0.1) is 5.95 Å². The number of hydrogen-bond donors (Lipinski definition) is 1. The fraction of sp³-hybridized carbons (Fsp3) is 0.545. The Labute approximate surface area is 98.6 Å². The summed E-state index contributed by atoms with van der Waals surface area (Å²) in [4.78, 5) is 3.81. The first-order valence-electron chi connectivity index (χ1n) is 5.11. The monoisotopic (exact) mass is 244 g/mol. The summed E-state index contributed by atoms with van der Waals surface area (Å²) >= 11 is -1.40. The Hall–Kier alpha value is -0.650. The van der Waals surface area contributed by atoms with Gasteiger partial charge < -0.3 is 4.55 Å². The molecule has 0 aliphatic rings. The number of hydrogen-bond acceptors (Lipinski definition) is 3. The Morgan fingerprint density at radius 1 is 1.56 bits per heavy atom. The van der Waals surface area contributed by atoms with Crippen LogP contribution in [0.4, 0.5) is 4.39 Å². The molecule has 2 atom stereocenters. The van der Waals surface area contributed by atoms with E-state index in [0.29, 0.717) is 12.1 Å². The maximum atomic E-state index is 12.9. The topological polar surface area (TPSA) is 62.0 Å². The van der Waals surface area contributed by atoms with Crippen molar-refractivity contribution < 1.29 is 8.94 Å². The second kappa shape index (κ2) is 5.12. The molecule has 0 spiro atoms. The van der Waals surface area contributed by atoms with Crippen LogP contribution in [-0.4, -0.2) is 14.3 Å². The second-order valence-electron chi connectivity index (χ2n) is 4.55. The van der Waals surface area contributed by atoms with Crippen LogP contribution in [0.25, 0.3) is 0 Å². The molecule has 16 heavy (non-hydrogen) atoms. The summed E-state index contributed by atoms with van der Waals surface area (Å²) in [6, 6.07) is 4.70. The zero-order valence-electron chi connectivity index (χ0n) is 9.74. The number of rotatable bonds is 4. The molecule has 3 nitrogen and oxygen atoms in total. The van der Waals surface area contributed by atoms with Crippen LogP contribution < -0.4 is 5.14 Å². The first kappa shape index (κ1) is 13.4. The molecule has 1 aromatic rings. The first-order valence-corrected chi connectivity index (χ1v) is 6.33. The molecule has 0 amide bonds.